The van der Waals surface area contributed by atoms with Gasteiger partial charge in [-0.25, -0.2) is 4.68 Å². The van der Waals surface area contributed by atoms with E-state index in [0.717, 1.165) is 23.7 Å². The number of benzene rings is 1. The Morgan fingerprint density at radius 2 is 2.26 bits per heavy atom. The summed E-state index contributed by atoms with van der Waals surface area (Å²) in [5.41, 5.74) is 7.36. The van der Waals surface area contributed by atoms with E-state index in [1.165, 1.54) is 19.3 Å². The number of nitrogens with zero attached hydrogens (tertiary/aromatic N) is 4. The number of anilines is 1. The van der Waals surface area contributed by atoms with Crippen molar-refractivity contribution in [2.45, 2.75) is 25.8 Å². The Balaban J connectivity index is 1.96. The van der Waals surface area contributed by atoms with Crippen LogP contribution in [0.5, 0.6) is 5.75 Å². The van der Waals surface area contributed by atoms with Gasteiger partial charge < -0.3 is 10.5 Å². The fourth-order valence-electron chi connectivity index (χ4n) is 2.34. The van der Waals surface area contributed by atoms with Crippen LogP contribution < -0.4 is 10.5 Å². The van der Waals surface area contributed by atoms with Crippen molar-refractivity contribution in [1.29, 1.82) is 0 Å². The zero-order valence-corrected chi connectivity index (χ0v) is 10.9. The second-order valence-electron chi connectivity index (χ2n) is 4.94. The standard InChI is InChI=1S/C13H17N5O/c1-19-12-6-5-10(14)7-11(12)13-15-16-17-18(13)8-9-3-2-4-9/h5-7,9H,2-4,8,14H2,1H3. The summed E-state index contributed by atoms with van der Waals surface area (Å²) in [6.45, 7) is 0.861. The molecule has 1 aliphatic rings. The molecule has 0 amide bonds. The molecule has 2 N–H and O–H groups in total. The number of aromatic nitrogens is 4. The summed E-state index contributed by atoms with van der Waals surface area (Å²) in [5, 5.41) is 12.0. The number of hydrogen-bond acceptors (Lipinski definition) is 5. The van der Waals surface area contributed by atoms with Gasteiger partial charge in [-0.05, 0) is 47.4 Å². The maximum absolute atomic E-state index is 5.84. The molecule has 1 aromatic heterocycles. The number of hydrogen-bond donors (Lipinski definition) is 1. The van der Waals surface area contributed by atoms with Crippen molar-refractivity contribution in [2.24, 2.45) is 5.92 Å². The smallest absolute Gasteiger partial charge is 0.185 e. The van der Waals surface area contributed by atoms with Gasteiger partial charge in [0.15, 0.2) is 5.82 Å². The normalized spacial score (nSPS) is 15.2. The van der Waals surface area contributed by atoms with Crippen LogP contribution in [0.15, 0.2) is 18.2 Å². The Labute approximate surface area is 111 Å². The molecule has 0 atom stereocenters. The molecule has 0 aliphatic heterocycles. The SMILES string of the molecule is COc1ccc(N)cc1-c1nnnn1CC1CCC1. The van der Waals surface area contributed by atoms with E-state index in [1.54, 1.807) is 7.11 Å². The molecule has 1 heterocycles. The monoisotopic (exact) mass is 259 g/mol. The fourth-order valence-corrected chi connectivity index (χ4v) is 2.34. The van der Waals surface area contributed by atoms with Crippen molar-refractivity contribution < 1.29 is 4.74 Å². The first kappa shape index (κ1) is 12.0. The first-order valence-corrected chi connectivity index (χ1v) is 6.48. The molecule has 0 unspecified atom stereocenters. The van der Waals surface area contributed by atoms with Gasteiger partial charge in [-0.3, -0.25) is 0 Å². The van der Waals surface area contributed by atoms with Gasteiger partial charge in [0, 0.05) is 12.2 Å². The second-order valence-corrected chi connectivity index (χ2v) is 4.94. The highest BCUT2D eigenvalue weighted by molar-refractivity contribution is 5.68. The average molecular weight is 259 g/mol. The highest BCUT2D eigenvalue weighted by Crippen LogP contribution is 2.32. The lowest BCUT2D eigenvalue weighted by Gasteiger charge is -2.25. The van der Waals surface area contributed by atoms with E-state index in [-0.39, 0.29) is 0 Å². The van der Waals surface area contributed by atoms with E-state index < -0.39 is 0 Å². The van der Waals surface area contributed by atoms with Crippen molar-refractivity contribution in [3.05, 3.63) is 18.2 Å². The molecule has 6 nitrogen and oxygen atoms in total. The largest absolute Gasteiger partial charge is 0.496 e. The van der Waals surface area contributed by atoms with Crippen LogP contribution in [0.2, 0.25) is 0 Å². The van der Waals surface area contributed by atoms with E-state index in [0.29, 0.717) is 11.6 Å². The first-order chi connectivity index (χ1) is 9.28. The lowest BCUT2D eigenvalue weighted by molar-refractivity contribution is 0.265. The quantitative estimate of drug-likeness (QED) is 0.846. The molecule has 2 aromatic rings. The van der Waals surface area contributed by atoms with Gasteiger partial charge in [0.2, 0.25) is 0 Å². The summed E-state index contributed by atoms with van der Waals surface area (Å²) in [6.07, 6.45) is 3.82. The maximum Gasteiger partial charge on any atom is 0.185 e. The molecule has 0 saturated heterocycles. The van der Waals surface area contributed by atoms with E-state index in [9.17, 15) is 0 Å². The molecule has 0 spiro atoms. The molecule has 19 heavy (non-hydrogen) atoms. The van der Waals surface area contributed by atoms with Crippen LogP contribution in [0.25, 0.3) is 11.4 Å². The van der Waals surface area contributed by atoms with Crippen LogP contribution in [0.3, 0.4) is 0 Å². The van der Waals surface area contributed by atoms with E-state index in [1.807, 2.05) is 22.9 Å². The highest BCUT2D eigenvalue weighted by Gasteiger charge is 2.21. The number of nitrogens with two attached hydrogens (primary N) is 1. The van der Waals surface area contributed by atoms with Crippen LogP contribution >= 0.6 is 0 Å². The molecule has 100 valence electrons. The Morgan fingerprint density at radius 3 is 2.95 bits per heavy atom. The summed E-state index contributed by atoms with van der Waals surface area (Å²) in [6, 6.07) is 5.50. The van der Waals surface area contributed by atoms with Crippen molar-refractivity contribution >= 4 is 5.69 Å². The van der Waals surface area contributed by atoms with Crippen LogP contribution in [0.1, 0.15) is 19.3 Å². The molecule has 1 aliphatic carbocycles. The topological polar surface area (TPSA) is 78.8 Å². The third kappa shape index (κ3) is 2.25. The van der Waals surface area contributed by atoms with Gasteiger partial charge in [0.1, 0.15) is 5.75 Å². The lowest BCUT2D eigenvalue weighted by atomic mass is 9.85. The minimum Gasteiger partial charge on any atom is -0.496 e. The molecular formula is C13H17N5O. The number of tetrazole rings is 1. The van der Waals surface area contributed by atoms with Gasteiger partial charge >= 0.3 is 0 Å². The van der Waals surface area contributed by atoms with Crippen molar-refractivity contribution in [3.63, 3.8) is 0 Å². The third-order valence-electron chi connectivity index (χ3n) is 3.65. The predicted octanol–water partition coefficient (Wildman–Crippen LogP) is 1.73. The molecular weight excluding hydrogens is 242 g/mol. The van der Waals surface area contributed by atoms with E-state index >= 15 is 0 Å². The first-order valence-electron chi connectivity index (χ1n) is 6.48. The summed E-state index contributed by atoms with van der Waals surface area (Å²) in [4.78, 5) is 0. The number of ether oxygens (including phenoxy) is 1. The summed E-state index contributed by atoms with van der Waals surface area (Å²) in [7, 11) is 1.63. The molecule has 1 aromatic carbocycles. The summed E-state index contributed by atoms with van der Waals surface area (Å²) < 4.78 is 7.21. The van der Waals surface area contributed by atoms with Gasteiger partial charge in [-0.15, -0.1) is 5.10 Å². The lowest BCUT2D eigenvalue weighted by Crippen LogP contribution is -2.19. The molecule has 0 radical (unpaired) electrons. The number of nitrogen functional groups attached to an aromatic ring is 1. The zero-order chi connectivity index (χ0) is 13.2. The Kier molecular flexibility index (Phi) is 3.06. The maximum atomic E-state index is 5.84. The predicted molar refractivity (Wildman–Crippen MR) is 71.6 cm³/mol. The Bertz CT molecular complexity index is 576. The molecule has 6 heteroatoms. The van der Waals surface area contributed by atoms with E-state index in [4.69, 9.17) is 10.5 Å². The highest BCUT2D eigenvalue weighted by atomic mass is 16.5. The molecule has 0 bridgehead atoms. The van der Waals surface area contributed by atoms with Crippen molar-refractivity contribution in [2.75, 3.05) is 12.8 Å². The minimum absolute atomic E-state index is 0.675. The van der Waals surface area contributed by atoms with Gasteiger partial charge in [0.25, 0.3) is 0 Å². The summed E-state index contributed by atoms with van der Waals surface area (Å²) >= 11 is 0. The average Bonchev–Trinajstić information content (AvgIpc) is 2.81. The van der Waals surface area contributed by atoms with Gasteiger partial charge in [0.05, 0.1) is 12.7 Å². The number of methoxy groups -OCH3 is 1. The molecule has 3 rings (SSSR count). The second kappa shape index (κ2) is 4.87. The Morgan fingerprint density at radius 1 is 1.42 bits per heavy atom. The van der Waals surface area contributed by atoms with Crippen LogP contribution in [0, 0.1) is 5.92 Å². The number of rotatable bonds is 4. The third-order valence-corrected chi connectivity index (χ3v) is 3.65. The van der Waals surface area contributed by atoms with Crippen LogP contribution in [-0.4, -0.2) is 27.3 Å². The zero-order valence-electron chi connectivity index (χ0n) is 10.9. The van der Waals surface area contributed by atoms with Crippen molar-refractivity contribution in [3.8, 4) is 17.1 Å². The van der Waals surface area contributed by atoms with Gasteiger partial charge in [-0.1, -0.05) is 6.42 Å². The van der Waals surface area contributed by atoms with Crippen molar-refractivity contribution in [1.82, 2.24) is 20.2 Å². The Hall–Kier alpha value is -2.11. The summed E-state index contributed by atoms with van der Waals surface area (Å²) in [5.74, 6) is 2.14. The van der Waals surface area contributed by atoms with Crippen LogP contribution in [-0.2, 0) is 6.54 Å². The minimum atomic E-state index is 0.675. The fraction of sp³-hybridized carbons (Fsp3) is 0.462. The van der Waals surface area contributed by atoms with Crippen LogP contribution in [0.4, 0.5) is 5.69 Å². The van der Waals surface area contributed by atoms with Gasteiger partial charge in [-0.2, -0.15) is 0 Å². The molecule has 1 saturated carbocycles. The molecule has 1 fully saturated rings. The van der Waals surface area contributed by atoms with E-state index in [2.05, 4.69) is 15.5 Å².